The molecule has 100 valence electrons. The molecule has 0 radical (unpaired) electrons. The van der Waals surface area contributed by atoms with E-state index in [1.807, 2.05) is 24.3 Å². The fourth-order valence-corrected chi connectivity index (χ4v) is 1.97. The van der Waals surface area contributed by atoms with Gasteiger partial charge in [0.2, 0.25) is 5.69 Å². The molecule has 3 aromatic rings. The van der Waals surface area contributed by atoms with Crippen molar-refractivity contribution in [1.29, 1.82) is 0 Å². The second kappa shape index (κ2) is 4.61. The van der Waals surface area contributed by atoms with E-state index in [0.29, 0.717) is 5.69 Å². The molecule has 0 saturated heterocycles. The number of ether oxygens (including phenoxy) is 1. The van der Waals surface area contributed by atoms with E-state index in [2.05, 4.69) is 20.0 Å². The smallest absolute Gasteiger partial charge is 0.362 e. The number of nitrogen functional groups attached to an aromatic ring is 1. The number of pyridine rings is 1. The van der Waals surface area contributed by atoms with Crippen molar-refractivity contribution in [3.05, 3.63) is 42.2 Å². The lowest BCUT2D eigenvalue weighted by molar-refractivity contribution is 0.0595. The van der Waals surface area contributed by atoms with Crippen molar-refractivity contribution in [2.24, 2.45) is 0 Å². The molecule has 0 bridgehead atoms. The summed E-state index contributed by atoms with van der Waals surface area (Å²) in [6, 6.07) is 9.37. The van der Waals surface area contributed by atoms with E-state index in [-0.39, 0.29) is 11.5 Å². The summed E-state index contributed by atoms with van der Waals surface area (Å²) >= 11 is 0. The second-order valence-electron chi connectivity index (χ2n) is 4.08. The first-order valence-electron chi connectivity index (χ1n) is 5.86. The van der Waals surface area contributed by atoms with Gasteiger partial charge in [-0.2, -0.15) is 4.68 Å². The first kappa shape index (κ1) is 12.1. The lowest BCUT2D eigenvalue weighted by Crippen LogP contribution is -2.08. The Labute approximate surface area is 114 Å². The van der Waals surface area contributed by atoms with Crippen LogP contribution in [0.15, 0.2) is 36.5 Å². The van der Waals surface area contributed by atoms with Crippen LogP contribution < -0.4 is 5.73 Å². The Morgan fingerprint density at radius 1 is 1.30 bits per heavy atom. The minimum atomic E-state index is -0.623. The highest BCUT2D eigenvalue weighted by Crippen LogP contribution is 2.22. The fraction of sp³-hybridized carbons (Fsp3) is 0.0769. The molecular weight excluding hydrogens is 258 g/mol. The minimum Gasteiger partial charge on any atom is -0.464 e. The van der Waals surface area contributed by atoms with Gasteiger partial charge in [-0.15, -0.1) is 5.10 Å². The number of esters is 1. The number of aromatic nitrogens is 4. The number of hydrogen-bond donors (Lipinski definition) is 1. The number of methoxy groups -OCH3 is 1. The predicted molar refractivity (Wildman–Crippen MR) is 72.4 cm³/mol. The topological polar surface area (TPSA) is 95.9 Å². The van der Waals surface area contributed by atoms with Gasteiger partial charge in [0, 0.05) is 11.6 Å². The van der Waals surface area contributed by atoms with E-state index >= 15 is 0 Å². The summed E-state index contributed by atoms with van der Waals surface area (Å²) in [4.78, 5) is 15.8. The molecule has 0 atom stereocenters. The van der Waals surface area contributed by atoms with Gasteiger partial charge in [0.25, 0.3) is 0 Å². The van der Waals surface area contributed by atoms with Gasteiger partial charge in [0.05, 0.1) is 18.3 Å². The van der Waals surface area contributed by atoms with E-state index in [0.717, 1.165) is 10.9 Å². The third kappa shape index (κ3) is 1.76. The summed E-state index contributed by atoms with van der Waals surface area (Å²) < 4.78 is 5.98. The average Bonchev–Trinajstić information content (AvgIpc) is 2.87. The van der Waals surface area contributed by atoms with Gasteiger partial charge < -0.3 is 10.5 Å². The molecule has 0 aliphatic heterocycles. The molecule has 2 aromatic heterocycles. The third-order valence-corrected chi connectivity index (χ3v) is 2.92. The van der Waals surface area contributed by atoms with Crippen molar-refractivity contribution in [3.63, 3.8) is 0 Å². The quantitative estimate of drug-likeness (QED) is 0.702. The molecule has 2 N–H and O–H groups in total. The van der Waals surface area contributed by atoms with E-state index < -0.39 is 5.97 Å². The van der Waals surface area contributed by atoms with Crippen LogP contribution in [0.25, 0.3) is 16.6 Å². The summed E-state index contributed by atoms with van der Waals surface area (Å²) in [5, 5.41) is 8.61. The number of benzene rings is 1. The van der Waals surface area contributed by atoms with Gasteiger partial charge in [0.1, 0.15) is 0 Å². The molecule has 0 fully saturated rings. The predicted octanol–water partition coefficient (Wildman–Crippen LogP) is 1.18. The van der Waals surface area contributed by atoms with Crippen LogP contribution in [0.5, 0.6) is 0 Å². The molecule has 0 aliphatic rings. The Morgan fingerprint density at radius 3 is 2.90 bits per heavy atom. The maximum atomic E-state index is 11.5. The zero-order valence-electron chi connectivity index (χ0n) is 10.6. The average molecular weight is 269 g/mol. The number of anilines is 1. The van der Waals surface area contributed by atoms with E-state index in [9.17, 15) is 4.79 Å². The third-order valence-electron chi connectivity index (χ3n) is 2.92. The molecule has 7 heteroatoms. The molecule has 0 saturated carbocycles. The van der Waals surface area contributed by atoms with Crippen LogP contribution in [0.4, 0.5) is 5.82 Å². The van der Waals surface area contributed by atoms with Gasteiger partial charge in [-0.1, -0.05) is 23.4 Å². The van der Waals surface area contributed by atoms with Crippen LogP contribution in [0.1, 0.15) is 10.5 Å². The lowest BCUT2D eigenvalue weighted by atomic mass is 10.2. The number of rotatable bonds is 2. The van der Waals surface area contributed by atoms with Crippen LogP contribution >= 0.6 is 0 Å². The second-order valence-corrected chi connectivity index (χ2v) is 4.08. The summed E-state index contributed by atoms with van der Waals surface area (Å²) in [5.74, 6) is -0.503. The Balaban J connectivity index is 2.22. The number of fused-ring (bicyclic) bond motifs is 1. The fourth-order valence-electron chi connectivity index (χ4n) is 1.97. The normalized spacial score (nSPS) is 10.7. The van der Waals surface area contributed by atoms with Crippen LogP contribution in [0.3, 0.4) is 0 Å². The summed E-state index contributed by atoms with van der Waals surface area (Å²) in [7, 11) is 1.26. The van der Waals surface area contributed by atoms with Crippen LogP contribution in [-0.2, 0) is 4.74 Å². The van der Waals surface area contributed by atoms with E-state index in [1.165, 1.54) is 11.8 Å². The highest BCUT2D eigenvalue weighted by molar-refractivity contribution is 5.93. The van der Waals surface area contributed by atoms with Gasteiger partial charge >= 0.3 is 5.97 Å². The number of hydrogen-bond acceptors (Lipinski definition) is 6. The van der Waals surface area contributed by atoms with Crippen molar-refractivity contribution >= 4 is 22.7 Å². The SMILES string of the molecule is COC(=O)c1nnn(-c2cccc3cccnc23)c1N. The first-order valence-corrected chi connectivity index (χ1v) is 5.86. The number of nitrogens with zero attached hydrogens (tertiary/aromatic N) is 4. The Hall–Kier alpha value is -2.96. The molecule has 0 aliphatic carbocycles. The first-order chi connectivity index (χ1) is 9.72. The lowest BCUT2D eigenvalue weighted by Gasteiger charge is -2.06. The Bertz CT molecular complexity index is 791. The Morgan fingerprint density at radius 2 is 2.10 bits per heavy atom. The summed E-state index contributed by atoms with van der Waals surface area (Å²) in [6.07, 6.45) is 1.68. The van der Waals surface area contributed by atoms with Crippen molar-refractivity contribution < 1.29 is 9.53 Å². The minimum absolute atomic E-state index is 0.0135. The van der Waals surface area contributed by atoms with E-state index in [1.54, 1.807) is 12.3 Å². The molecule has 3 rings (SSSR count). The molecule has 2 heterocycles. The van der Waals surface area contributed by atoms with Crippen molar-refractivity contribution in [3.8, 4) is 5.69 Å². The van der Waals surface area contributed by atoms with Gasteiger partial charge in [-0.25, -0.2) is 4.79 Å². The van der Waals surface area contributed by atoms with Gasteiger partial charge in [0.15, 0.2) is 5.82 Å². The van der Waals surface area contributed by atoms with Crippen LogP contribution in [-0.4, -0.2) is 33.1 Å². The van der Waals surface area contributed by atoms with Gasteiger partial charge in [-0.3, -0.25) is 4.98 Å². The summed E-state index contributed by atoms with van der Waals surface area (Å²) in [5.41, 5.74) is 7.28. The van der Waals surface area contributed by atoms with Gasteiger partial charge in [-0.05, 0) is 12.1 Å². The maximum absolute atomic E-state index is 11.5. The molecule has 0 spiro atoms. The monoisotopic (exact) mass is 269 g/mol. The molecule has 1 aromatic carbocycles. The van der Waals surface area contributed by atoms with Crippen LogP contribution in [0, 0.1) is 0 Å². The maximum Gasteiger partial charge on any atom is 0.362 e. The standard InChI is InChI=1S/C13H11N5O2/c1-20-13(19)11-12(14)18(17-16-11)9-6-2-4-8-5-3-7-15-10(8)9/h2-7H,14H2,1H3. The van der Waals surface area contributed by atoms with E-state index in [4.69, 9.17) is 5.73 Å². The zero-order chi connectivity index (χ0) is 14.1. The molecule has 7 nitrogen and oxygen atoms in total. The number of carbonyl (C=O) groups is 1. The van der Waals surface area contributed by atoms with Crippen LogP contribution in [0.2, 0.25) is 0 Å². The highest BCUT2D eigenvalue weighted by Gasteiger charge is 2.19. The van der Waals surface area contributed by atoms with Crippen molar-refractivity contribution in [2.75, 3.05) is 12.8 Å². The zero-order valence-corrected chi connectivity index (χ0v) is 10.6. The highest BCUT2D eigenvalue weighted by atomic mass is 16.5. The number of nitrogens with two attached hydrogens (primary N) is 1. The van der Waals surface area contributed by atoms with Crippen molar-refractivity contribution in [1.82, 2.24) is 20.0 Å². The number of para-hydroxylation sites is 1. The molecule has 0 amide bonds. The largest absolute Gasteiger partial charge is 0.464 e. The Kier molecular flexibility index (Phi) is 2.79. The summed E-state index contributed by atoms with van der Waals surface area (Å²) in [6.45, 7) is 0. The molecule has 20 heavy (non-hydrogen) atoms. The molecular formula is C13H11N5O2. The van der Waals surface area contributed by atoms with Crippen molar-refractivity contribution in [2.45, 2.75) is 0 Å². The molecule has 0 unspecified atom stereocenters. The number of carbonyl (C=O) groups excluding carboxylic acids is 1.